The summed E-state index contributed by atoms with van der Waals surface area (Å²) in [5.74, 6) is 1.54. The van der Waals surface area contributed by atoms with Crippen molar-refractivity contribution in [3.8, 4) is 56.4 Å². The number of hydrogen-bond donors (Lipinski definition) is 0. The van der Waals surface area contributed by atoms with Crippen LogP contribution in [0.4, 0.5) is 0 Å². The number of nitrogens with zero attached hydrogens (tertiary/aromatic N) is 3. The first-order valence-corrected chi connectivity index (χ1v) is 15.3. The standard InChI is InChI=1S/C43H27N3O/c1-4-12-28(13-5-1)35-25-37(30-15-6-2-7-16-30)40-38(26-35)36-23-22-34(27-39(36)47-40)43-45-41(31-17-8-3-9-18-31)44-42(46-43)33-21-20-29-14-10-11-19-32(29)24-33/h1-27H/i2D,6D,7D,15D,16D. The zero-order valence-electron chi connectivity index (χ0n) is 30.0. The van der Waals surface area contributed by atoms with Gasteiger partial charge in [0, 0.05) is 33.0 Å². The molecule has 0 aliphatic carbocycles. The summed E-state index contributed by atoms with van der Waals surface area (Å²) in [5.41, 5.74) is 5.63. The highest BCUT2D eigenvalue weighted by atomic mass is 16.3. The highest BCUT2D eigenvalue weighted by Crippen LogP contribution is 2.40. The van der Waals surface area contributed by atoms with Gasteiger partial charge in [-0.05, 0) is 57.8 Å². The minimum Gasteiger partial charge on any atom is -0.455 e. The molecule has 0 radical (unpaired) electrons. The number of fused-ring (bicyclic) bond motifs is 4. The van der Waals surface area contributed by atoms with Crippen LogP contribution in [0.2, 0.25) is 0 Å². The van der Waals surface area contributed by atoms with Gasteiger partial charge in [0.15, 0.2) is 17.5 Å². The van der Waals surface area contributed by atoms with Gasteiger partial charge in [0.25, 0.3) is 0 Å². The van der Waals surface area contributed by atoms with E-state index in [0.29, 0.717) is 39.8 Å². The monoisotopic (exact) mass is 606 g/mol. The van der Waals surface area contributed by atoms with E-state index in [1.165, 1.54) is 0 Å². The fourth-order valence-electron chi connectivity index (χ4n) is 6.06. The van der Waals surface area contributed by atoms with Crippen molar-refractivity contribution in [3.63, 3.8) is 0 Å². The summed E-state index contributed by atoms with van der Waals surface area (Å²) in [5, 5.41) is 3.76. The van der Waals surface area contributed by atoms with Crippen molar-refractivity contribution in [1.82, 2.24) is 15.0 Å². The molecule has 0 fully saturated rings. The minimum atomic E-state index is -0.446. The van der Waals surface area contributed by atoms with Crippen LogP contribution in [0.15, 0.2) is 168 Å². The van der Waals surface area contributed by atoms with Crippen LogP contribution < -0.4 is 0 Å². The molecule has 4 nitrogen and oxygen atoms in total. The lowest BCUT2D eigenvalue weighted by molar-refractivity contribution is 0.670. The molecule has 0 aliphatic heterocycles. The maximum absolute atomic E-state index is 8.79. The Bertz CT molecular complexity index is 2830. The Morgan fingerprint density at radius 2 is 1.04 bits per heavy atom. The van der Waals surface area contributed by atoms with Gasteiger partial charge in [-0.25, -0.2) is 15.0 Å². The predicted octanol–water partition coefficient (Wildman–Crippen LogP) is 11.3. The summed E-state index contributed by atoms with van der Waals surface area (Å²) in [6.07, 6.45) is 0. The van der Waals surface area contributed by atoms with Crippen LogP contribution in [0.25, 0.3) is 89.1 Å². The first-order chi connectivity index (χ1) is 25.3. The Labute approximate surface area is 278 Å². The molecule has 0 atom stereocenters. The van der Waals surface area contributed by atoms with Crippen molar-refractivity contribution < 1.29 is 11.3 Å². The van der Waals surface area contributed by atoms with Gasteiger partial charge in [-0.3, -0.25) is 0 Å². The molecule has 2 heterocycles. The van der Waals surface area contributed by atoms with E-state index in [1.807, 2.05) is 109 Å². The van der Waals surface area contributed by atoms with E-state index < -0.39 is 18.1 Å². The van der Waals surface area contributed by atoms with E-state index >= 15 is 0 Å². The first-order valence-electron chi connectivity index (χ1n) is 17.8. The van der Waals surface area contributed by atoms with Crippen LogP contribution in [0.1, 0.15) is 6.85 Å². The Morgan fingerprint density at radius 3 is 1.79 bits per heavy atom. The van der Waals surface area contributed by atoms with Crippen molar-refractivity contribution in [3.05, 3.63) is 164 Å². The molecule has 4 heteroatoms. The van der Waals surface area contributed by atoms with E-state index in [9.17, 15) is 0 Å². The van der Waals surface area contributed by atoms with Crippen molar-refractivity contribution in [2.45, 2.75) is 0 Å². The lowest BCUT2D eigenvalue weighted by Crippen LogP contribution is -2.00. The molecule has 7 aromatic carbocycles. The summed E-state index contributed by atoms with van der Waals surface area (Å²) in [4.78, 5) is 14.8. The molecule has 0 N–H and O–H groups in total. The van der Waals surface area contributed by atoms with Crippen LogP contribution in [0, 0.1) is 0 Å². The maximum atomic E-state index is 8.79. The quantitative estimate of drug-likeness (QED) is 0.196. The Kier molecular flexibility index (Phi) is 5.28. The van der Waals surface area contributed by atoms with Gasteiger partial charge in [-0.2, -0.15) is 0 Å². The maximum Gasteiger partial charge on any atom is 0.164 e. The van der Waals surface area contributed by atoms with Crippen LogP contribution in [-0.2, 0) is 0 Å². The molecule has 0 saturated carbocycles. The smallest absolute Gasteiger partial charge is 0.164 e. The van der Waals surface area contributed by atoms with Gasteiger partial charge < -0.3 is 4.42 Å². The largest absolute Gasteiger partial charge is 0.455 e. The lowest BCUT2D eigenvalue weighted by Gasteiger charge is -2.09. The zero-order valence-corrected chi connectivity index (χ0v) is 25.0. The fourth-order valence-corrected chi connectivity index (χ4v) is 6.06. The van der Waals surface area contributed by atoms with Crippen LogP contribution in [0.3, 0.4) is 0 Å². The summed E-state index contributed by atoms with van der Waals surface area (Å²) in [6.45, 7) is 0. The summed E-state index contributed by atoms with van der Waals surface area (Å²) >= 11 is 0. The number of furan rings is 1. The summed E-state index contributed by atoms with van der Waals surface area (Å²) in [7, 11) is 0. The lowest BCUT2D eigenvalue weighted by atomic mass is 9.95. The summed E-state index contributed by atoms with van der Waals surface area (Å²) in [6, 6.07) is 41.7. The fraction of sp³-hybridized carbons (Fsp3) is 0. The molecule has 0 saturated heterocycles. The third-order valence-corrected chi connectivity index (χ3v) is 8.38. The van der Waals surface area contributed by atoms with E-state index in [0.717, 1.165) is 43.8 Å². The third-order valence-electron chi connectivity index (χ3n) is 8.38. The predicted molar refractivity (Wildman–Crippen MR) is 192 cm³/mol. The molecule has 0 spiro atoms. The number of benzene rings is 7. The zero-order chi connectivity index (χ0) is 35.5. The van der Waals surface area contributed by atoms with Crippen LogP contribution in [0.5, 0.6) is 0 Å². The van der Waals surface area contributed by atoms with Gasteiger partial charge in [-0.1, -0.05) is 133 Å². The molecule has 0 bridgehead atoms. The average Bonchev–Trinajstić information content (AvgIpc) is 3.57. The van der Waals surface area contributed by atoms with Gasteiger partial charge in [0.05, 0.1) is 6.85 Å². The number of aromatic nitrogens is 3. The molecule has 2 aromatic heterocycles. The molecule has 0 unspecified atom stereocenters. The van der Waals surface area contributed by atoms with Crippen molar-refractivity contribution in [2.75, 3.05) is 0 Å². The van der Waals surface area contributed by atoms with E-state index in [1.54, 1.807) is 0 Å². The van der Waals surface area contributed by atoms with E-state index in [-0.39, 0.29) is 17.6 Å². The van der Waals surface area contributed by atoms with E-state index in [2.05, 4.69) is 24.3 Å². The molecular formula is C43H27N3O. The average molecular weight is 607 g/mol. The molecular weight excluding hydrogens is 574 g/mol. The second kappa shape index (κ2) is 11.2. The van der Waals surface area contributed by atoms with Crippen molar-refractivity contribution >= 4 is 32.7 Å². The van der Waals surface area contributed by atoms with Gasteiger partial charge in [-0.15, -0.1) is 0 Å². The van der Waals surface area contributed by atoms with E-state index in [4.69, 9.17) is 26.2 Å². The number of hydrogen-bond acceptors (Lipinski definition) is 4. The van der Waals surface area contributed by atoms with Crippen molar-refractivity contribution in [2.24, 2.45) is 0 Å². The van der Waals surface area contributed by atoms with Crippen LogP contribution >= 0.6 is 0 Å². The highest BCUT2D eigenvalue weighted by Gasteiger charge is 2.18. The first kappa shape index (κ1) is 22.2. The SMILES string of the molecule is [2H]c1c([2H])c([2H])c(-c2cc(-c3ccccc3)cc3c2oc2cc(-c4nc(-c5ccccc5)nc(-c5ccc6ccccc6c5)n4)ccc23)c([2H])c1[2H]. The normalized spacial score (nSPS) is 12.9. The molecule has 47 heavy (non-hydrogen) atoms. The van der Waals surface area contributed by atoms with Gasteiger partial charge in [0.1, 0.15) is 11.2 Å². The Hall–Kier alpha value is -6.39. The molecule has 0 amide bonds. The van der Waals surface area contributed by atoms with Gasteiger partial charge >= 0.3 is 0 Å². The topological polar surface area (TPSA) is 51.8 Å². The van der Waals surface area contributed by atoms with Gasteiger partial charge in [0.2, 0.25) is 0 Å². The molecule has 9 rings (SSSR count). The Morgan fingerprint density at radius 1 is 0.426 bits per heavy atom. The second-order valence-corrected chi connectivity index (χ2v) is 11.3. The van der Waals surface area contributed by atoms with Crippen molar-refractivity contribution in [1.29, 1.82) is 0 Å². The summed E-state index contributed by atoms with van der Waals surface area (Å²) < 4.78 is 49.1. The minimum absolute atomic E-state index is 0.0815. The Balaban J connectivity index is 1.27. The molecule has 9 aromatic rings. The third kappa shape index (κ3) is 4.93. The molecule has 0 aliphatic rings. The molecule has 220 valence electrons. The number of rotatable bonds is 5. The second-order valence-electron chi connectivity index (χ2n) is 11.3. The van der Waals surface area contributed by atoms with Crippen LogP contribution in [-0.4, -0.2) is 15.0 Å². The highest BCUT2D eigenvalue weighted by molar-refractivity contribution is 6.12.